The van der Waals surface area contributed by atoms with E-state index in [2.05, 4.69) is 76.0 Å². The number of para-hydroxylation sites is 1. The number of aryl methyl sites for hydroxylation is 1. The molecule has 1 unspecified atom stereocenters. The van der Waals surface area contributed by atoms with Crippen LogP contribution in [0.4, 0.5) is 0 Å². The quantitative estimate of drug-likeness (QED) is 0.324. The van der Waals surface area contributed by atoms with Gasteiger partial charge in [-0.3, -0.25) is 4.79 Å². The van der Waals surface area contributed by atoms with Crippen molar-refractivity contribution in [3.63, 3.8) is 0 Å². The normalized spacial score (nSPS) is 15.8. The van der Waals surface area contributed by atoms with Gasteiger partial charge in [0.1, 0.15) is 0 Å². The second-order valence-electron chi connectivity index (χ2n) is 8.62. The van der Waals surface area contributed by atoms with Gasteiger partial charge >= 0.3 is 0 Å². The van der Waals surface area contributed by atoms with Gasteiger partial charge in [0.2, 0.25) is 0 Å². The predicted molar refractivity (Wildman–Crippen MR) is 135 cm³/mol. The van der Waals surface area contributed by atoms with Crippen molar-refractivity contribution in [3.05, 3.63) is 100 Å². The minimum atomic E-state index is -0.0108. The van der Waals surface area contributed by atoms with E-state index in [0.717, 1.165) is 41.5 Å². The zero-order valence-corrected chi connectivity index (χ0v) is 19.4. The number of carbonyl (C=O) groups is 1. The maximum atomic E-state index is 14.0. The molecular formula is C28H25N3OS. The molecule has 1 atom stereocenters. The van der Waals surface area contributed by atoms with Crippen LogP contribution in [0, 0.1) is 0 Å². The van der Waals surface area contributed by atoms with Gasteiger partial charge in [-0.2, -0.15) is 0 Å². The number of rotatable bonds is 4. The number of aromatic nitrogens is 2. The number of amides is 1. The maximum absolute atomic E-state index is 14.0. The molecule has 33 heavy (non-hydrogen) atoms. The van der Waals surface area contributed by atoms with Crippen molar-refractivity contribution >= 4 is 38.9 Å². The minimum Gasteiger partial charge on any atom is -0.347 e. The topological polar surface area (TPSA) is 38.1 Å². The lowest BCUT2D eigenvalue weighted by Crippen LogP contribution is -2.40. The van der Waals surface area contributed by atoms with E-state index in [1.54, 1.807) is 11.3 Å². The fourth-order valence-electron chi connectivity index (χ4n) is 5.22. The van der Waals surface area contributed by atoms with Crippen molar-refractivity contribution in [2.75, 3.05) is 6.54 Å². The number of benzene rings is 3. The first-order chi connectivity index (χ1) is 16.2. The van der Waals surface area contributed by atoms with E-state index in [9.17, 15) is 4.79 Å². The molecule has 5 aromatic rings. The summed E-state index contributed by atoms with van der Waals surface area (Å²) in [4.78, 5) is 22.0. The van der Waals surface area contributed by atoms with Crippen molar-refractivity contribution in [1.82, 2.24) is 14.5 Å². The zero-order valence-electron chi connectivity index (χ0n) is 18.6. The van der Waals surface area contributed by atoms with Gasteiger partial charge < -0.3 is 9.47 Å². The Morgan fingerprint density at radius 1 is 1.03 bits per heavy atom. The molecule has 4 nitrogen and oxygen atoms in total. The highest BCUT2D eigenvalue weighted by atomic mass is 32.1. The molecule has 0 radical (unpaired) electrons. The number of carbonyl (C=O) groups excluding carboxylic acids is 1. The fraction of sp³-hybridized carbons (Fsp3) is 0.214. The van der Waals surface area contributed by atoms with Crippen LogP contribution in [-0.4, -0.2) is 26.9 Å². The summed E-state index contributed by atoms with van der Waals surface area (Å²) in [5.41, 5.74) is 6.25. The highest BCUT2D eigenvalue weighted by Gasteiger charge is 2.34. The first-order valence-corrected chi connectivity index (χ1v) is 12.4. The van der Waals surface area contributed by atoms with Crippen LogP contribution in [0.25, 0.3) is 21.7 Å². The molecule has 2 aromatic heterocycles. The smallest absolute Gasteiger partial charge is 0.256 e. The molecule has 0 spiro atoms. The van der Waals surface area contributed by atoms with E-state index in [4.69, 9.17) is 0 Å². The Bertz CT molecular complexity index is 1480. The van der Waals surface area contributed by atoms with Gasteiger partial charge in [0.25, 0.3) is 5.91 Å². The lowest BCUT2D eigenvalue weighted by Gasteiger charge is -2.35. The Kier molecular flexibility index (Phi) is 4.99. The van der Waals surface area contributed by atoms with E-state index in [0.29, 0.717) is 6.54 Å². The number of hydrogen-bond donors (Lipinski definition) is 0. The van der Waals surface area contributed by atoms with Crippen LogP contribution in [0.2, 0.25) is 0 Å². The highest BCUT2D eigenvalue weighted by Crippen LogP contribution is 2.38. The summed E-state index contributed by atoms with van der Waals surface area (Å²) in [5, 5.41) is 3.52. The Balaban J connectivity index is 1.44. The fourth-order valence-corrected chi connectivity index (χ4v) is 6.17. The standard InChI is InChI=1S/C28H25N3OS/c1-2-30-17-23(22-12-5-6-13-25(22)30)28(32)31-15-14-24-27(33-18-29-24)26(31)16-20-10-7-9-19-8-3-4-11-21(19)20/h3-13,17-18,26H,2,14-16H2,1H3. The maximum Gasteiger partial charge on any atom is 0.256 e. The van der Waals surface area contributed by atoms with Gasteiger partial charge in [0, 0.05) is 36.6 Å². The molecule has 0 saturated heterocycles. The summed E-state index contributed by atoms with van der Waals surface area (Å²) in [5.74, 6) is 0.114. The molecule has 3 heterocycles. The van der Waals surface area contributed by atoms with Gasteiger partial charge in [-0.05, 0) is 35.7 Å². The monoisotopic (exact) mass is 451 g/mol. The number of nitrogens with zero attached hydrogens (tertiary/aromatic N) is 3. The lowest BCUT2D eigenvalue weighted by atomic mass is 9.93. The molecule has 0 saturated carbocycles. The Morgan fingerprint density at radius 3 is 2.70 bits per heavy atom. The van der Waals surface area contributed by atoms with E-state index in [1.165, 1.54) is 21.2 Å². The average Bonchev–Trinajstić information content (AvgIpc) is 3.49. The van der Waals surface area contributed by atoms with E-state index in [1.807, 2.05) is 23.8 Å². The van der Waals surface area contributed by atoms with Crippen molar-refractivity contribution in [3.8, 4) is 0 Å². The second-order valence-corrected chi connectivity index (χ2v) is 9.50. The molecular weight excluding hydrogens is 426 g/mol. The largest absolute Gasteiger partial charge is 0.347 e. The molecule has 5 heteroatoms. The summed E-state index contributed by atoms with van der Waals surface area (Å²) < 4.78 is 2.17. The number of fused-ring (bicyclic) bond motifs is 3. The van der Waals surface area contributed by atoms with Gasteiger partial charge in [0.15, 0.2) is 0 Å². The molecule has 6 rings (SSSR count). The van der Waals surface area contributed by atoms with Crippen molar-refractivity contribution in [1.29, 1.82) is 0 Å². The van der Waals surface area contributed by atoms with Crippen molar-refractivity contribution in [2.45, 2.75) is 32.4 Å². The lowest BCUT2D eigenvalue weighted by molar-refractivity contribution is 0.0665. The Labute approximate surface area is 197 Å². The van der Waals surface area contributed by atoms with Gasteiger partial charge in [-0.1, -0.05) is 60.7 Å². The predicted octanol–water partition coefficient (Wildman–Crippen LogP) is 6.25. The minimum absolute atomic E-state index is 0.0108. The van der Waals surface area contributed by atoms with Crippen LogP contribution in [0.3, 0.4) is 0 Å². The Hall–Kier alpha value is -3.44. The van der Waals surface area contributed by atoms with Gasteiger partial charge in [-0.25, -0.2) is 4.98 Å². The molecule has 0 bridgehead atoms. The van der Waals surface area contributed by atoms with Crippen molar-refractivity contribution in [2.24, 2.45) is 0 Å². The molecule has 0 aliphatic carbocycles. The molecule has 1 aliphatic rings. The summed E-state index contributed by atoms with van der Waals surface area (Å²) in [7, 11) is 0. The molecule has 164 valence electrons. The molecule has 3 aromatic carbocycles. The van der Waals surface area contributed by atoms with E-state index in [-0.39, 0.29) is 11.9 Å². The van der Waals surface area contributed by atoms with Crippen LogP contribution in [-0.2, 0) is 19.4 Å². The molecule has 0 N–H and O–H groups in total. The van der Waals surface area contributed by atoms with Crippen LogP contribution in [0.15, 0.2) is 78.4 Å². The third-order valence-corrected chi connectivity index (χ3v) is 7.83. The first-order valence-electron chi connectivity index (χ1n) is 11.5. The van der Waals surface area contributed by atoms with Crippen LogP contribution in [0.5, 0.6) is 0 Å². The summed E-state index contributed by atoms with van der Waals surface area (Å²) >= 11 is 1.68. The molecule has 1 amide bonds. The zero-order chi connectivity index (χ0) is 22.4. The molecule has 0 fully saturated rings. The van der Waals surface area contributed by atoms with E-state index < -0.39 is 0 Å². The molecule has 1 aliphatic heterocycles. The highest BCUT2D eigenvalue weighted by molar-refractivity contribution is 7.09. The summed E-state index contributed by atoms with van der Waals surface area (Å²) in [6.45, 7) is 3.65. The van der Waals surface area contributed by atoms with Gasteiger partial charge in [0.05, 0.1) is 27.7 Å². The third kappa shape index (κ3) is 3.35. The average molecular weight is 452 g/mol. The van der Waals surface area contributed by atoms with Crippen LogP contribution < -0.4 is 0 Å². The third-order valence-electron chi connectivity index (χ3n) is 6.85. The Morgan fingerprint density at radius 2 is 1.82 bits per heavy atom. The first kappa shape index (κ1) is 20.2. The second kappa shape index (κ2) is 8.16. The van der Waals surface area contributed by atoms with Crippen molar-refractivity contribution < 1.29 is 4.79 Å². The number of thiazole rings is 1. The summed E-state index contributed by atoms with van der Waals surface area (Å²) in [6, 6.07) is 23.2. The van der Waals surface area contributed by atoms with E-state index >= 15 is 0 Å². The SMILES string of the molecule is CCn1cc(C(=O)N2CCc3ncsc3C2Cc2cccc3ccccc23)c2ccccc21. The van der Waals surface area contributed by atoms with Gasteiger partial charge in [-0.15, -0.1) is 11.3 Å². The summed E-state index contributed by atoms with van der Waals surface area (Å²) in [6.07, 6.45) is 3.63. The number of hydrogen-bond acceptors (Lipinski definition) is 3. The van der Waals surface area contributed by atoms with Crippen LogP contribution >= 0.6 is 11.3 Å². The van der Waals surface area contributed by atoms with Crippen LogP contribution in [0.1, 0.15) is 39.5 Å².